The number of aromatic nitrogens is 6. The molecule has 0 radical (unpaired) electrons. The van der Waals surface area contributed by atoms with E-state index < -0.39 is 0 Å². The molecule has 3 atom stereocenters. The van der Waals surface area contributed by atoms with Crippen molar-refractivity contribution in [2.24, 2.45) is 0 Å². The molecular weight excluding hydrogens is 869 g/mol. The van der Waals surface area contributed by atoms with Crippen LogP contribution in [0.4, 0.5) is 22.7 Å². The fourth-order valence-corrected chi connectivity index (χ4v) is 11.4. The van der Waals surface area contributed by atoms with Gasteiger partial charge in [-0.05, 0) is 114 Å². The summed E-state index contributed by atoms with van der Waals surface area (Å²) >= 11 is 0. The van der Waals surface area contributed by atoms with Crippen molar-refractivity contribution in [3.8, 4) is 34.2 Å². The zero-order valence-corrected chi connectivity index (χ0v) is 39.7. The first kappa shape index (κ1) is 44.2. The van der Waals surface area contributed by atoms with E-state index in [2.05, 4.69) is 27.2 Å². The number of hydrogen-bond acceptors (Lipinski definition) is 10. The first-order chi connectivity index (χ1) is 33.5. The highest BCUT2D eigenvalue weighted by molar-refractivity contribution is 6.06. The maximum absolute atomic E-state index is 14.7. The summed E-state index contributed by atoms with van der Waals surface area (Å²) in [6.45, 7) is 6.94. The Kier molecular flexibility index (Phi) is 11.5. The smallest absolute Gasteiger partial charge is 0.293 e. The van der Waals surface area contributed by atoms with Crippen LogP contribution < -0.4 is 20.0 Å². The predicted molar refractivity (Wildman–Crippen MR) is 265 cm³/mol. The quantitative estimate of drug-likeness (QED) is 0.160. The zero-order chi connectivity index (χ0) is 47.5. The third-order valence-electron chi connectivity index (χ3n) is 15.0. The van der Waals surface area contributed by atoms with E-state index in [1.165, 1.54) is 0 Å². The Morgan fingerprint density at radius 3 is 1.72 bits per heavy atom. The van der Waals surface area contributed by atoms with E-state index in [4.69, 9.17) is 20.2 Å². The molecule has 6 aromatic rings. The molecule has 3 fully saturated rings. The standard InChI is InChI=1S/C53H58N12O4/c1-33-32-60(52(68)46-55-48(64(57-46)40-20-7-5-8-21-40)36-24-26-42-44(30-36)62(34(2)50(66)54-42)38-16-11-12-17-38)28-15-29-61(33)53(69)47-56-49(65(58-47)41-22-9-6-10-23-41)37-25-27-43-45(31-37)63(39-18-13-14-19-39)35(3)51(67)59(43)4/h5-10,20-27,30-31,33-35,38-39H,11-19,28-29,32H2,1-4H3,(H,54,66)/t33-,34-,35-/m1/s1. The molecule has 69 heavy (non-hydrogen) atoms. The Labute approximate surface area is 401 Å². The van der Waals surface area contributed by atoms with Crippen LogP contribution in [-0.2, 0) is 9.59 Å². The van der Waals surface area contributed by atoms with Gasteiger partial charge in [0.05, 0.1) is 34.1 Å². The van der Waals surface area contributed by atoms with E-state index in [0.717, 1.165) is 96.6 Å². The molecule has 2 aromatic heterocycles. The van der Waals surface area contributed by atoms with Crippen molar-refractivity contribution in [2.75, 3.05) is 46.7 Å². The van der Waals surface area contributed by atoms with Crippen molar-refractivity contribution in [1.82, 2.24) is 39.3 Å². The molecule has 2 saturated carbocycles. The molecule has 0 bridgehead atoms. The molecule has 5 aliphatic rings. The van der Waals surface area contributed by atoms with Crippen LogP contribution in [0.5, 0.6) is 0 Å². The second kappa shape index (κ2) is 17.9. The van der Waals surface area contributed by atoms with Gasteiger partial charge in [0.1, 0.15) is 12.1 Å². The molecule has 0 spiro atoms. The van der Waals surface area contributed by atoms with Crippen molar-refractivity contribution in [3.05, 3.63) is 109 Å². The van der Waals surface area contributed by atoms with Gasteiger partial charge in [-0.2, -0.15) is 0 Å². The summed E-state index contributed by atoms with van der Waals surface area (Å²) in [7, 11) is 1.83. The van der Waals surface area contributed by atoms with Crippen molar-refractivity contribution < 1.29 is 19.2 Å². The molecule has 1 N–H and O–H groups in total. The van der Waals surface area contributed by atoms with Gasteiger partial charge < -0.3 is 29.8 Å². The number of amides is 4. The summed E-state index contributed by atoms with van der Waals surface area (Å²) in [5.41, 5.74) is 6.60. The number of anilines is 4. The number of para-hydroxylation sites is 2. The fraction of sp³-hybridized carbons (Fsp3) is 0.396. The predicted octanol–water partition coefficient (Wildman–Crippen LogP) is 7.76. The van der Waals surface area contributed by atoms with Gasteiger partial charge >= 0.3 is 0 Å². The monoisotopic (exact) mass is 926 g/mol. The summed E-state index contributed by atoms with van der Waals surface area (Å²) in [4.78, 5) is 75.6. The lowest BCUT2D eigenvalue weighted by Crippen LogP contribution is -2.54. The minimum atomic E-state index is -0.385. The highest BCUT2D eigenvalue weighted by Gasteiger charge is 2.40. The van der Waals surface area contributed by atoms with Gasteiger partial charge in [0.25, 0.3) is 11.8 Å². The SMILES string of the molecule is C[C@@H]1CN(C(=O)c2nc(-c3ccc4c(c3)N(C3CCCC3)[C@H](C)C(=O)N4)n(-c3ccccc3)n2)CCCN1C(=O)c1nc(-c2ccc3c(c2)N(C2CCCC2)[C@H](C)C(=O)N3C)n(-c2ccccc2)n1. The first-order valence-electron chi connectivity index (χ1n) is 24.6. The number of nitrogens with zero attached hydrogens (tertiary/aromatic N) is 11. The fourth-order valence-electron chi connectivity index (χ4n) is 11.4. The Hall–Kier alpha value is -7.36. The number of fused-ring (bicyclic) bond motifs is 2. The van der Waals surface area contributed by atoms with E-state index in [0.29, 0.717) is 31.2 Å². The molecule has 16 heteroatoms. The Morgan fingerprint density at radius 1 is 0.594 bits per heavy atom. The van der Waals surface area contributed by atoms with Crippen molar-refractivity contribution in [2.45, 2.75) is 109 Å². The summed E-state index contributed by atoms with van der Waals surface area (Å²) < 4.78 is 3.45. The van der Waals surface area contributed by atoms with E-state index in [9.17, 15) is 19.2 Å². The van der Waals surface area contributed by atoms with Gasteiger partial charge in [0, 0.05) is 55.9 Å². The van der Waals surface area contributed by atoms with Crippen LogP contribution >= 0.6 is 0 Å². The summed E-state index contributed by atoms with van der Waals surface area (Å²) in [6, 6.07) is 30.8. The third kappa shape index (κ3) is 7.88. The van der Waals surface area contributed by atoms with Gasteiger partial charge in [0.2, 0.25) is 23.5 Å². The average Bonchev–Trinajstić information content (AvgIpc) is 4.23. The second-order valence-corrected chi connectivity index (χ2v) is 19.3. The van der Waals surface area contributed by atoms with Crippen LogP contribution in [-0.4, -0.2) is 120 Å². The van der Waals surface area contributed by atoms with Gasteiger partial charge in [-0.1, -0.05) is 62.1 Å². The van der Waals surface area contributed by atoms with Gasteiger partial charge in [-0.15, -0.1) is 10.2 Å². The maximum Gasteiger partial charge on any atom is 0.293 e. The lowest BCUT2D eigenvalue weighted by atomic mass is 10.0. The molecule has 16 nitrogen and oxygen atoms in total. The lowest BCUT2D eigenvalue weighted by molar-refractivity contribution is -0.119. The van der Waals surface area contributed by atoms with E-state index in [1.54, 1.807) is 24.1 Å². The minimum Gasteiger partial charge on any atom is -0.355 e. The molecule has 3 aliphatic heterocycles. The van der Waals surface area contributed by atoms with Gasteiger partial charge in [-0.25, -0.2) is 19.3 Å². The lowest BCUT2D eigenvalue weighted by Gasteiger charge is -2.43. The minimum absolute atomic E-state index is 0.0169. The van der Waals surface area contributed by atoms with Crippen molar-refractivity contribution in [3.63, 3.8) is 0 Å². The number of hydrogen-bond donors (Lipinski definition) is 1. The number of nitrogens with one attached hydrogen (secondary N) is 1. The molecule has 354 valence electrons. The van der Waals surface area contributed by atoms with Gasteiger partial charge in [-0.3, -0.25) is 19.2 Å². The van der Waals surface area contributed by atoms with Crippen LogP contribution in [0.25, 0.3) is 34.2 Å². The van der Waals surface area contributed by atoms with Crippen LogP contribution in [0.1, 0.15) is 99.8 Å². The first-order valence-corrected chi connectivity index (χ1v) is 24.6. The molecule has 0 unspecified atom stereocenters. The normalized spacial score (nSPS) is 21.1. The van der Waals surface area contributed by atoms with Gasteiger partial charge in [0.15, 0.2) is 11.6 Å². The maximum atomic E-state index is 14.7. The summed E-state index contributed by atoms with van der Waals surface area (Å²) in [6.07, 6.45) is 9.19. The summed E-state index contributed by atoms with van der Waals surface area (Å²) in [5, 5.41) is 12.9. The van der Waals surface area contributed by atoms with Crippen LogP contribution in [0.15, 0.2) is 97.1 Å². The zero-order valence-electron chi connectivity index (χ0n) is 39.7. The van der Waals surface area contributed by atoms with Crippen LogP contribution in [0.3, 0.4) is 0 Å². The second-order valence-electron chi connectivity index (χ2n) is 19.3. The highest BCUT2D eigenvalue weighted by atomic mass is 16.2. The van der Waals surface area contributed by atoms with Crippen molar-refractivity contribution in [1.29, 1.82) is 0 Å². The van der Waals surface area contributed by atoms with E-state index in [-0.39, 0.29) is 72.0 Å². The number of rotatable bonds is 8. The van der Waals surface area contributed by atoms with E-state index in [1.807, 2.05) is 113 Å². The number of likely N-dealkylation sites (N-methyl/N-ethyl adjacent to an activating group) is 1. The van der Waals surface area contributed by atoms with Crippen molar-refractivity contribution >= 4 is 46.4 Å². The molecule has 2 aliphatic carbocycles. The Balaban J connectivity index is 0.883. The highest BCUT2D eigenvalue weighted by Crippen LogP contribution is 2.43. The number of benzene rings is 4. The molecule has 5 heterocycles. The molecule has 1 saturated heterocycles. The van der Waals surface area contributed by atoms with E-state index >= 15 is 0 Å². The molecule has 11 rings (SSSR count). The summed E-state index contributed by atoms with van der Waals surface area (Å²) in [5.74, 6) is 0.554. The molecule has 4 amide bonds. The van der Waals surface area contributed by atoms with Crippen LogP contribution in [0.2, 0.25) is 0 Å². The number of carbonyl (C=O) groups is 4. The average molecular weight is 927 g/mol. The molecular formula is C53H58N12O4. The largest absolute Gasteiger partial charge is 0.355 e. The van der Waals surface area contributed by atoms with Crippen LogP contribution in [0, 0.1) is 0 Å². The molecule has 4 aromatic carbocycles. The third-order valence-corrected chi connectivity index (χ3v) is 15.0. The Morgan fingerprint density at radius 2 is 1.13 bits per heavy atom. The topological polar surface area (TPSA) is 158 Å². The number of carbonyl (C=O) groups excluding carboxylic acids is 4. The Bertz CT molecular complexity index is 2940.